The number of nitrogens with zero attached hydrogens (tertiary/aromatic N) is 6. The summed E-state index contributed by atoms with van der Waals surface area (Å²) in [4.78, 5) is 59.1. The van der Waals surface area contributed by atoms with Gasteiger partial charge in [0.2, 0.25) is 18.1 Å². The number of nitrogens with two attached hydrogens (primary N) is 2. The Morgan fingerprint density at radius 1 is 1.45 bits per heavy atom. The highest BCUT2D eigenvalue weighted by Crippen LogP contribution is 2.40. The van der Waals surface area contributed by atoms with Gasteiger partial charge in [-0.05, 0) is 18.6 Å². The molecular formula is C21H25N9O6S2. The van der Waals surface area contributed by atoms with Crippen LogP contribution in [-0.2, 0) is 24.0 Å². The first-order valence-electron chi connectivity index (χ1n) is 11.0. The topological polar surface area (TPSA) is 230 Å². The quantitative estimate of drug-likeness (QED) is 0.0822. The van der Waals surface area contributed by atoms with E-state index in [1.807, 2.05) is 14.1 Å². The number of thioether (sulfide) groups is 1. The van der Waals surface area contributed by atoms with Crippen LogP contribution in [0.1, 0.15) is 12.7 Å². The largest absolute Gasteiger partial charge is 0.543 e. The molecule has 0 spiro atoms. The summed E-state index contributed by atoms with van der Waals surface area (Å²) in [7, 11) is 3.62. The number of carbonyl (C=O) groups excluding carboxylic acids is 4. The first-order chi connectivity index (χ1) is 17.9. The molecule has 3 amide bonds. The van der Waals surface area contributed by atoms with E-state index in [1.54, 1.807) is 25.1 Å². The van der Waals surface area contributed by atoms with Gasteiger partial charge < -0.3 is 36.0 Å². The third kappa shape index (κ3) is 5.93. The van der Waals surface area contributed by atoms with Crippen LogP contribution in [0.5, 0.6) is 0 Å². The lowest BCUT2D eigenvalue weighted by Gasteiger charge is -2.50. The molecule has 202 valence electrons. The van der Waals surface area contributed by atoms with Gasteiger partial charge in [0, 0.05) is 17.3 Å². The number of anilines is 1. The molecule has 15 nitrogen and oxygen atoms in total. The Bertz CT molecular complexity index is 1280. The fraction of sp³-hybridized carbons (Fsp3) is 0.429. The van der Waals surface area contributed by atoms with Gasteiger partial charge in [-0.2, -0.15) is 14.6 Å². The van der Waals surface area contributed by atoms with Gasteiger partial charge in [-0.1, -0.05) is 11.2 Å². The van der Waals surface area contributed by atoms with Gasteiger partial charge in [-0.25, -0.2) is 0 Å². The maximum absolute atomic E-state index is 12.9. The average molecular weight is 564 g/mol. The van der Waals surface area contributed by atoms with Crippen LogP contribution in [0.25, 0.3) is 0 Å². The molecule has 0 aliphatic carbocycles. The van der Waals surface area contributed by atoms with Crippen LogP contribution in [0.3, 0.4) is 0 Å². The lowest BCUT2D eigenvalue weighted by atomic mass is 10.0. The number of nitrogens with one attached hydrogen (secondary N) is 1. The van der Waals surface area contributed by atoms with E-state index in [1.165, 1.54) is 11.8 Å². The summed E-state index contributed by atoms with van der Waals surface area (Å²) in [6.07, 6.45) is 3.29. The van der Waals surface area contributed by atoms with Crippen molar-refractivity contribution >= 4 is 57.8 Å². The van der Waals surface area contributed by atoms with Crippen molar-refractivity contribution in [3.05, 3.63) is 29.2 Å². The molecule has 3 heterocycles. The zero-order chi connectivity index (χ0) is 28.2. The van der Waals surface area contributed by atoms with Crippen LogP contribution in [0.15, 0.2) is 28.6 Å². The molecule has 3 atom stereocenters. The van der Waals surface area contributed by atoms with Crippen molar-refractivity contribution in [2.24, 2.45) is 10.9 Å². The van der Waals surface area contributed by atoms with Crippen molar-refractivity contribution in [2.75, 3.05) is 38.7 Å². The van der Waals surface area contributed by atoms with Crippen molar-refractivity contribution in [1.82, 2.24) is 19.6 Å². The molecule has 5 N–H and O–H groups in total. The highest BCUT2D eigenvalue weighted by Gasteiger charge is 2.53. The minimum absolute atomic E-state index is 0.0603. The van der Waals surface area contributed by atoms with E-state index < -0.39 is 53.5 Å². The molecule has 1 saturated heterocycles. The van der Waals surface area contributed by atoms with Gasteiger partial charge in [0.25, 0.3) is 17.7 Å². The summed E-state index contributed by atoms with van der Waals surface area (Å²) < 4.78 is 4.15. The number of hydrogen-bond acceptors (Lipinski definition) is 13. The molecule has 0 radical (unpaired) electrons. The van der Waals surface area contributed by atoms with E-state index in [9.17, 15) is 24.3 Å². The Balaban J connectivity index is 1.77. The van der Waals surface area contributed by atoms with E-state index in [-0.39, 0.29) is 26.9 Å². The molecular weight excluding hydrogens is 538 g/mol. The van der Waals surface area contributed by atoms with Gasteiger partial charge >= 0.3 is 0 Å². The van der Waals surface area contributed by atoms with Gasteiger partial charge in [-0.3, -0.25) is 19.3 Å². The van der Waals surface area contributed by atoms with Crippen LogP contribution in [-0.4, -0.2) is 98.6 Å². The van der Waals surface area contributed by atoms with E-state index in [4.69, 9.17) is 21.6 Å². The van der Waals surface area contributed by atoms with Crippen molar-refractivity contribution in [3.8, 4) is 6.07 Å². The number of allylic oxidation sites excluding steroid dienone is 1. The Hall–Kier alpha value is -4.01. The summed E-state index contributed by atoms with van der Waals surface area (Å²) in [6, 6.07) is 0.148. The summed E-state index contributed by atoms with van der Waals surface area (Å²) >= 11 is 2.05. The number of aliphatic carboxylic acids is 1. The molecule has 2 aliphatic rings. The number of quaternary nitrogens is 1. The smallest absolute Gasteiger partial charge is 0.278 e. The average Bonchev–Trinajstić information content (AvgIpc) is 3.29. The molecule has 0 aromatic carbocycles. The monoisotopic (exact) mass is 563 g/mol. The van der Waals surface area contributed by atoms with Crippen LogP contribution in [0.4, 0.5) is 5.13 Å². The molecule has 0 bridgehead atoms. The Labute approximate surface area is 225 Å². The summed E-state index contributed by atoms with van der Waals surface area (Å²) in [6.45, 7) is 1.62. The number of oxime groups is 1. The minimum atomic E-state index is -1.54. The third-order valence-corrected chi connectivity index (χ3v) is 7.83. The van der Waals surface area contributed by atoms with Crippen LogP contribution in [0, 0.1) is 11.3 Å². The van der Waals surface area contributed by atoms with Gasteiger partial charge in [0.05, 0.1) is 32.3 Å². The summed E-state index contributed by atoms with van der Waals surface area (Å²) in [5.74, 6) is -3.48. The predicted octanol–water partition coefficient (Wildman–Crippen LogP) is -2.73. The molecule has 1 fully saturated rings. The molecule has 17 heteroatoms. The lowest BCUT2D eigenvalue weighted by Crippen LogP contribution is -2.71. The van der Waals surface area contributed by atoms with Crippen molar-refractivity contribution in [2.45, 2.75) is 24.4 Å². The van der Waals surface area contributed by atoms with Crippen molar-refractivity contribution in [3.63, 3.8) is 0 Å². The van der Waals surface area contributed by atoms with E-state index >= 15 is 0 Å². The number of amides is 3. The number of primary amides is 1. The predicted molar refractivity (Wildman–Crippen MR) is 134 cm³/mol. The fourth-order valence-electron chi connectivity index (χ4n) is 3.58. The van der Waals surface area contributed by atoms with E-state index in [2.05, 4.69) is 19.8 Å². The normalized spacial score (nSPS) is 20.4. The lowest BCUT2D eigenvalue weighted by molar-refractivity contribution is -0.898. The van der Waals surface area contributed by atoms with Crippen molar-refractivity contribution < 1.29 is 33.6 Å². The molecule has 38 heavy (non-hydrogen) atoms. The van der Waals surface area contributed by atoms with Gasteiger partial charge in [0.15, 0.2) is 11.2 Å². The highest BCUT2D eigenvalue weighted by atomic mass is 32.2. The van der Waals surface area contributed by atoms with Gasteiger partial charge in [0.1, 0.15) is 17.5 Å². The number of fused-ring (bicyclic) bond motifs is 1. The third-order valence-electron chi connectivity index (χ3n) is 5.99. The number of carboxylic acid groups (broad SMARTS) is 1. The van der Waals surface area contributed by atoms with Crippen molar-refractivity contribution in [1.29, 1.82) is 5.26 Å². The first-order valence-corrected chi connectivity index (χ1v) is 12.9. The number of likely N-dealkylation sites (N-methyl/N-ethyl adjacent to an activating group) is 1. The second-order valence-corrected chi connectivity index (χ2v) is 10.7. The number of hydrogen-bond donors (Lipinski definition) is 3. The van der Waals surface area contributed by atoms with Crippen LogP contribution < -0.4 is 21.9 Å². The minimum Gasteiger partial charge on any atom is -0.543 e. The van der Waals surface area contributed by atoms with E-state index in [0.717, 1.165) is 16.4 Å². The zero-order valence-corrected chi connectivity index (χ0v) is 22.2. The molecule has 0 unspecified atom stereocenters. The number of nitriles is 1. The number of carbonyl (C=O) groups is 4. The van der Waals surface area contributed by atoms with E-state index in [0.29, 0.717) is 12.1 Å². The van der Waals surface area contributed by atoms with Crippen LogP contribution >= 0.6 is 23.3 Å². The maximum atomic E-state index is 12.9. The Morgan fingerprint density at radius 3 is 2.74 bits per heavy atom. The van der Waals surface area contributed by atoms with Crippen LogP contribution in [0.2, 0.25) is 0 Å². The number of β-lactam (4-membered cyclic amide) rings is 1. The second-order valence-electron chi connectivity index (χ2n) is 8.79. The number of rotatable bonds is 11. The maximum Gasteiger partial charge on any atom is 0.278 e. The Morgan fingerprint density at radius 2 is 2.16 bits per heavy atom. The fourth-order valence-corrected chi connectivity index (χ4v) is 5.33. The van der Waals surface area contributed by atoms with Gasteiger partial charge in [-0.15, -0.1) is 11.8 Å². The Kier molecular flexibility index (Phi) is 8.70. The second kappa shape index (κ2) is 11.6. The zero-order valence-electron chi connectivity index (χ0n) is 20.6. The number of aromatic nitrogens is 2. The summed E-state index contributed by atoms with van der Waals surface area (Å²) in [5.41, 5.74) is 10.6. The number of carboxylic acids is 1. The first kappa shape index (κ1) is 28.6. The summed E-state index contributed by atoms with van der Waals surface area (Å²) in [5, 5.41) is 26.1. The molecule has 1 aromatic rings. The standard InChI is InChI=1S/C21H25N9O6S2/c1-10(15(23)31)30(2,3)7-4-5-11-9-37-19-13(18(33)29(19)14(11)20(34)35)25-17(32)12(27-36-8-6-22)16-26-21(24)38-28-16/h4-5,10,13,19H,7-9H2,1-3H3,(H5-,23,24,25,26,28,31,32,34,35)/b5-4+,27-12-/t10-,13-,19+/m1/s1. The number of nitrogen functional groups attached to an aromatic ring is 1. The SMILES string of the molecule is C[C@H](C(N)=O)[N+](C)(C)C/C=C/C1=C(C(=O)[O-])N2C(=O)[C@@H](NC(=O)/C(=N\OCC#N)c3nsc(N)n3)[C@@H]2SC1. The molecule has 1 aromatic heterocycles. The molecule has 2 aliphatic heterocycles. The molecule has 3 rings (SSSR count). The molecule has 0 saturated carbocycles. The highest BCUT2D eigenvalue weighted by molar-refractivity contribution is 8.00.